The number of fused-ring (bicyclic) bond motifs is 1. The molecule has 228 valence electrons. The maximum absolute atomic E-state index is 13.0. The Kier molecular flexibility index (Phi) is 8.63. The first-order valence-electron chi connectivity index (χ1n) is 15.1. The van der Waals surface area contributed by atoms with Gasteiger partial charge >= 0.3 is 0 Å². The van der Waals surface area contributed by atoms with Crippen molar-refractivity contribution in [3.63, 3.8) is 0 Å². The quantitative estimate of drug-likeness (QED) is 0.208. The van der Waals surface area contributed by atoms with Gasteiger partial charge in [0.2, 0.25) is 0 Å². The number of carbonyl (C=O) groups is 1. The molecule has 1 saturated heterocycles. The molecule has 0 bridgehead atoms. The van der Waals surface area contributed by atoms with E-state index in [1.165, 1.54) is 11.8 Å². The predicted molar refractivity (Wildman–Crippen MR) is 171 cm³/mol. The van der Waals surface area contributed by atoms with E-state index < -0.39 is 0 Å². The lowest BCUT2D eigenvalue weighted by atomic mass is 10.1. The molecule has 2 unspecified atom stereocenters. The lowest BCUT2D eigenvalue weighted by molar-refractivity contribution is -0.0699. The lowest BCUT2D eigenvalue weighted by Gasteiger charge is -2.35. The Balaban J connectivity index is 1.11. The molecular formula is C34H38N6O4. The highest BCUT2D eigenvalue weighted by molar-refractivity contribution is 6.04. The van der Waals surface area contributed by atoms with Crippen LogP contribution in [0.5, 0.6) is 5.75 Å². The van der Waals surface area contributed by atoms with E-state index in [2.05, 4.69) is 58.2 Å². The van der Waals surface area contributed by atoms with Crippen LogP contribution in [0.15, 0.2) is 78.0 Å². The van der Waals surface area contributed by atoms with Crippen molar-refractivity contribution in [3.8, 4) is 17.0 Å². The third kappa shape index (κ3) is 6.93. The molecule has 5 aromatic rings. The van der Waals surface area contributed by atoms with Gasteiger partial charge in [-0.05, 0) is 61.7 Å². The molecule has 1 aliphatic rings. The molecule has 0 saturated carbocycles. The van der Waals surface area contributed by atoms with Crippen LogP contribution in [-0.2, 0) is 17.7 Å². The zero-order valence-corrected chi connectivity index (χ0v) is 25.3. The van der Waals surface area contributed by atoms with Gasteiger partial charge in [0.1, 0.15) is 12.4 Å². The highest BCUT2D eigenvalue weighted by Crippen LogP contribution is 2.27. The van der Waals surface area contributed by atoms with E-state index in [0.717, 1.165) is 48.3 Å². The smallest absolute Gasteiger partial charge is 0.258 e. The molecule has 0 spiro atoms. The molecule has 1 amide bonds. The fourth-order valence-corrected chi connectivity index (χ4v) is 5.77. The number of anilines is 1. The number of amides is 1. The summed E-state index contributed by atoms with van der Waals surface area (Å²) in [5.41, 5.74) is 4.98. The Morgan fingerprint density at radius 3 is 2.73 bits per heavy atom. The van der Waals surface area contributed by atoms with Gasteiger partial charge in [-0.25, -0.2) is 0 Å². The van der Waals surface area contributed by atoms with E-state index in [-0.39, 0.29) is 23.7 Å². The molecule has 4 heterocycles. The second-order valence-electron chi connectivity index (χ2n) is 11.5. The summed E-state index contributed by atoms with van der Waals surface area (Å²) >= 11 is 0. The summed E-state index contributed by atoms with van der Waals surface area (Å²) < 4.78 is 13.6. The summed E-state index contributed by atoms with van der Waals surface area (Å²) in [5.74, 6) is 0.460. The van der Waals surface area contributed by atoms with Crippen LogP contribution in [0.2, 0.25) is 0 Å². The van der Waals surface area contributed by atoms with Crippen molar-refractivity contribution in [3.05, 3.63) is 100 Å². The van der Waals surface area contributed by atoms with Crippen LogP contribution in [0.3, 0.4) is 0 Å². The molecule has 0 aliphatic carbocycles. The van der Waals surface area contributed by atoms with Gasteiger partial charge in [0.05, 0.1) is 47.5 Å². The monoisotopic (exact) mass is 594 g/mol. The molecule has 2 aromatic carbocycles. The Labute approximate surface area is 256 Å². The largest absolute Gasteiger partial charge is 0.492 e. The fourth-order valence-electron chi connectivity index (χ4n) is 5.77. The summed E-state index contributed by atoms with van der Waals surface area (Å²) in [5, 5.41) is 8.17. The molecule has 0 radical (unpaired) electrons. The molecule has 3 N–H and O–H groups in total. The molecule has 2 atom stereocenters. The van der Waals surface area contributed by atoms with Crippen molar-refractivity contribution in [1.29, 1.82) is 0 Å². The van der Waals surface area contributed by atoms with E-state index in [1.54, 1.807) is 23.1 Å². The zero-order valence-electron chi connectivity index (χ0n) is 25.3. The summed E-state index contributed by atoms with van der Waals surface area (Å²) in [6.45, 7) is 10.1. The molecule has 44 heavy (non-hydrogen) atoms. The number of morpholine rings is 1. The van der Waals surface area contributed by atoms with Crippen LogP contribution in [-0.4, -0.2) is 69.0 Å². The number of ether oxygens (including phenoxy) is 2. The maximum atomic E-state index is 13.0. The number of aromatic amines is 2. The Morgan fingerprint density at radius 1 is 1.09 bits per heavy atom. The number of rotatable bonds is 10. The normalized spacial score (nSPS) is 17.2. The van der Waals surface area contributed by atoms with Crippen molar-refractivity contribution < 1.29 is 14.3 Å². The van der Waals surface area contributed by atoms with Crippen LogP contribution >= 0.6 is 0 Å². The van der Waals surface area contributed by atoms with Crippen molar-refractivity contribution in [2.24, 2.45) is 0 Å². The maximum Gasteiger partial charge on any atom is 0.258 e. The number of nitrogens with one attached hydrogen (secondary N) is 3. The second kappa shape index (κ2) is 12.9. The van der Waals surface area contributed by atoms with E-state index in [1.807, 2.05) is 36.4 Å². The van der Waals surface area contributed by atoms with Crippen LogP contribution in [0.1, 0.15) is 42.3 Å². The minimum Gasteiger partial charge on any atom is -0.492 e. The summed E-state index contributed by atoms with van der Waals surface area (Å²) in [6, 6.07) is 17.8. The first-order valence-corrected chi connectivity index (χ1v) is 15.1. The number of H-pyrrole nitrogens is 2. The number of carbonyl (C=O) groups excluding carboxylic acids is 1. The average molecular weight is 595 g/mol. The summed E-state index contributed by atoms with van der Waals surface area (Å²) in [6.07, 6.45) is 6.17. The van der Waals surface area contributed by atoms with Gasteiger partial charge in [-0.1, -0.05) is 31.2 Å². The standard InChI is InChI=1S/C34H38N6O4/c1-4-24-6-5-7-25(12-24)20-40-21-27(16-36-40)33(41)37-28-15-30(34(42)35-17-28)32-14-26-13-29(8-9-31(26)38-32)43-11-10-39-18-22(2)44-23(3)19-39/h5-9,12-17,21-23,38H,4,10-11,18-20H2,1-3H3,(H,35,42)(H,37,41). The molecule has 1 aliphatic heterocycles. The number of nitrogens with zero attached hydrogens (tertiary/aromatic N) is 3. The number of aromatic nitrogens is 4. The topological polar surface area (TPSA) is 117 Å². The molecular weight excluding hydrogens is 556 g/mol. The van der Waals surface area contributed by atoms with Gasteiger partial charge in [0, 0.05) is 42.9 Å². The molecule has 10 nitrogen and oxygen atoms in total. The minimum absolute atomic E-state index is 0.224. The minimum atomic E-state index is -0.309. The van der Waals surface area contributed by atoms with Crippen molar-refractivity contribution >= 4 is 22.5 Å². The number of pyridine rings is 1. The second-order valence-corrected chi connectivity index (χ2v) is 11.5. The van der Waals surface area contributed by atoms with Crippen molar-refractivity contribution in [1.82, 2.24) is 24.6 Å². The van der Waals surface area contributed by atoms with Gasteiger partial charge in [-0.3, -0.25) is 19.2 Å². The zero-order chi connectivity index (χ0) is 30.6. The average Bonchev–Trinajstić information content (AvgIpc) is 3.65. The Morgan fingerprint density at radius 2 is 1.91 bits per heavy atom. The highest BCUT2D eigenvalue weighted by Gasteiger charge is 2.21. The van der Waals surface area contributed by atoms with Crippen molar-refractivity contribution in [2.45, 2.75) is 45.9 Å². The lowest BCUT2D eigenvalue weighted by Crippen LogP contribution is -2.46. The Hall–Kier alpha value is -4.67. The van der Waals surface area contributed by atoms with E-state index in [4.69, 9.17) is 9.47 Å². The van der Waals surface area contributed by atoms with Gasteiger partial charge in [0.25, 0.3) is 11.5 Å². The van der Waals surface area contributed by atoms with E-state index in [0.29, 0.717) is 35.7 Å². The molecule has 6 rings (SSSR count). The Bertz CT molecular complexity index is 1810. The number of hydrogen-bond donors (Lipinski definition) is 3. The SMILES string of the molecule is CCc1cccc(Cn2cc(C(=O)Nc3c[nH]c(=O)c(-c4cc5cc(OCCN6CC(C)OC(C)C6)ccc5[nH]4)c3)cn2)c1. The van der Waals surface area contributed by atoms with Gasteiger partial charge in [0.15, 0.2) is 0 Å². The molecule has 3 aromatic heterocycles. The highest BCUT2D eigenvalue weighted by atomic mass is 16.5. The van der Waals surface area contributed by atoms with Gasteiger partial charge < -0.3 is 24.8 Å². The molecule has 10 heteroatoms. The fraction of sp³-hybridized carbons (Fsp3) is 0.324. The predicted octanol–water partition coefficient (Wildman–Crippen LogP) is 5.07. The third-order valence-electron chi connectivity index (χ3n) is 7.85. The number of benzene rings is 2. The van der Waals surface area contributed by atoms with Crippen LogP contribution < -0.4 is 15.6 Å². The van der Waals surface area contributed by atoms with Crippen LogP contribution in [0.4, 0.5) is 5.69 Å². The van der Waals surface area contributed by atoms with Crippen LogP contribution in [0.25, 0.3) is 22.2 Å². The molecule has 1 fully saturated rings. The van der Waals surface area contributed by atoms with Crippen LogP contribution in [0, 0.1) is 0 Å². The van der Waals surface area contributed by atoms with Gasteiger partial charge in [-0.15, -0.1) is 0 Å². The van der Waals surface area contributed by atoms with E-state index >= 15 is 0 Å². The van der Waals surface area contributed by atoms with E-state index in [9.17, 15) is 9.59 Å². The third-order valence-corrected chi connectivity index (χ3v) is 7.85. The van der Waals surface area contributed by atoms with Gasteiger partial charge in [-0.2, -0.15) is 5.10 Å². The summed E-state index contributed by atoms with van der Waals surface area (Å²) in [7, 11) is 0. The van der Waals surface area contributed by atoms with Crippen molar-refractivity contribution in [2.75, 3.05) is 31.6 Å². The first-order chi connectivity index (χ1) is 21.3. The number of aryl methyl sites for hydroxylation is 1. The first kappa shape index (κ1) is 29.4. The summed E-state index contributed by atoms with van der Waals surface area (Å²) in [4.78, 5) is 34.2. The number of hydrogen-bond acceptors (Lipinski definition) is 6.